The predicted octanol–water partition coefficient (Wildman–Crippen LogP) is 1.73. The van der Waals surface area contributed by atoms with E-state index in [1.807, 2.05) is 30.3 Å². The fourth-order valence-corrected chi connectivity index (χ4v) is 2.51. The van der Waals surface area contributed by atoms with Gasteiger partial charge in [-0.1, -0.05) is 18.2 Å². The lowest BCUT2D eigenvalue weighted by atomic mass is 10.2. The first-order chi connectivity index (χ1) is 11.6. The second kappa shape index (κ2) is 7.37. The number of amides is 1. The van der Waals surface area contributed by atoms with Gasteiger partial charge < -0.3 is 4.74 Å². The number of nitrogens with one attached hydrogen (secondary N) is 1. The number of nitrogens with zero attached hydrogens (tertiary/aromatic N) is 2. The Labute approximate surface area is 139 Å². The molecule has 1 fully saturated rings. The van der Waals surface area contributed by atoms with Gasteiger partial charge in [0.1, 0.15) is 0 Å². The van der Waals surface area contributed by atoms with E-state index in [9.17, 15) is 9.59 Å². The van der Waals surface area contributed by atoms with Crippen molar-refractivity contribution in [1.82, 2.24) is 15.3 Å². The maximum atomic E-state index is 12.2. The monoisotopic (exact) mass is 329 g/mol. The van der Waals surface area contributed by atoms with Gasteiger partial charge >= 0.3 is 0 Å². The summed E-state index contributed by atoms with van der Waals surface area (Å²) in [7, 11) is 0. The average molecular weight is 329 g/mol. The van der Waals surface area contributed by atoms with Crippen molar-refractivity contribution in [3.63, 3.8) is 0 Å². The van der Waals surface area contributed by atoms with Gasteiger partial charge in [-0.05, 0) is 31.9 Å². The molecule has 126 valence electrons. The van der Waals surface area contributed by atoms with Gasteiger partial charge in [0.2, 0.25) is 5.43 Å². The fourth-order valence-electron chi connectivity index (χ4n) is 2.51. The summed E-state index contributed by atoms with van der Waals surface area (Å²) < 4.78 is 6.91. The molecule has 1 amide bonds. The molecule has 1 aromatic heterocycles. The molecule has 24 heavy (non-hydrogen) atoms. The van der Waals surface area contributed by atoms with Crippen LogP contribution in [0.5, 0.6) is 0 Å². The largest absolute Gasteiger partial charge is 0.350 e. The Kier molecular flexibility index (Phi) is 5.02. The Hall–Kier alpha value is -2.51. The first-order valence-corrected chi connectivity index (χ1v) is 7.89. The third-order valence-corrected chi connectivity index (χ3v) is 3.74. The van der Waals surface area contributed by atoms with E-state index in [0.29, 0.717) is 18.7 Å². The van der Waals surface area contributed by atoms with Crippen LogP contribution in [0.25, 0.3) is 5.69 Å². The van der Waals surface area contributed by atoms with Crippen LogP contribution in [-0.4, -0.2) is 28.6 Å². The molecule has 3 rings (SSSR count). The molecule has 0 bridgehead atoms. The number of hydroxylamine groups is 1. The van der Waals surface area contributed by atoms with Gasteiger partial charge in [0.05, 0.1) is 5.69 Å². The molecule has 1 N–H and O–H groups in total. The molecule has 0 spiro atoms. The number of ether oxygens (including phenoxy) is 1. The summed E-state index contributed by atoms with van der Waals surface area (Å²) in [5.74, 6) is -0.682. The van der Waals surface area contributed by atoms with Crippen molar-refractivity contribution in [1.29, 1.82) is 0 Å². The summed E-state index contributed by atoms with van der Waals surface area (Å²) >= 11 is 0. The Morgan fingerprint density at radius 2 is 2.12 bits per heavy atom. The highest BCUT2D eigenvalue weighted by molar-refractivity contribution is 5.91. The molecule has 2 aromatic rings. The van der Waals surface area contributed by atoms with Crippen LogP contribution >= 0.6 is 0 Å². The quantitative estimate of drug-likeness (QED) is 0.864. The van der Waals surface area contributed by atoms with Crippen LogP contribution < -0.4 is 10.9 Å². The lowest BCUT2D eigenvalue weighted by molar-refractivity contribution is -0.186. The lowest BCUT2D eigenvalue weighted by Gasteiger charge is -2.22. The minimum absolute atomic E-state index is 0.222. The number of aryl methyl sites for hydroxylation is 1. The topological polar surface area (TPSA) is 82.5 Å². The molecule has 0 saturated carbocycles. The van der Waals surface area contributed by atoms with E-state index >= 15 is 0 Å². The van der Waals surface area contributed by atoms with Gasteiger partial charge in [-0.2, -0.15) is 5.10 Å². The smallest absolute Gasteiger partial charge is 0.299 e. The Morgan fingerprint density at radius 3 is 2.83 bits per heavy atom. The Bertz CT molecular complexity index is 767. The molecule has 1 aliphatic rings. The van der Waals surface area contributed by atoms with Crippen molar-refractivity contribution < 1.29 is 14.4 Å². The van der Waals surface area contributed by atoms with Gasteiger partial charge in [0, 0.05) is 24.8 Å². The first kappa shape index (κ1) is 16.4. The van der Waals surface area contributed by atoms with E-state index in [1.54, 1.807) is 11.6 Å². The zero-order valence-corrected chi connectivity index (χ0v) is 13.4. The zero-order chi connectivity index (χ0) is 16.9. The molecule has 1 atom stereocenters. The van der Waals surface area contributed by atoms with Gasteiger partial charge in [-0.15, -0.1) is 0 Å². The molecule has 7 heteroatoms. The fraction of sp³-hybridized carbons (Fsp3) is 0.353. The molecule has 1 aliphatic heterocycles. The van der Waals surface area contributed by atoms with E-state index in [1.165, 1.54) is 6.07 Å². The lowest BCUT2D eigenvalue weighted by Crippen LogP contribution is -2.36. The Balaban J connectivity index is 1.79. The molecular weight excluding hydrogens is 310 g/mol. The Morgan fingerprint density at radius 1 is 1.33 bits per heavy atom. The van der Waals surface area contributed by atoms with Crippen molar-refractivity contribution in [3.8, 4) is 5.69 Å². The van der Waals surface area contributed by atoms with Gasteiger partial charge in [0.25, 0.3) is 5.91 Å². The maximum Gasteiger partial charge on any atom is 0.299 e. The van der Waals surface area contributed by atoms with Gasteiger partial charge in [0.15, 0.2) is 12.0 Å². The number of carbonyl (C=O) groups excluding carboxylic acids is 1. The first-order valence-electron chi connectivity index (χ1n) is 7.89. The maximum absolute atomic E-state index is 12.2. The molecule has 1 saturated heterocycles. The van der Waals surface area contributed by atoms with Crippen molar-refractivity contribution in [2.24, 2.45) is 0 Å². The molecule has 0 radical (unpaired) electrons. The van der Waals surface area contributed by atoms with Crippen LogP contribution in [0.3, 0.4) is 0 Å². The van der Waals surface area contributed by atoms with Crippen LogP contribution in [0.1, 0.15) is 35.4 Å². The number of carbonyl (C=O) groups is 1. The summed E-state index contributed by atoms with van der Waals surface area (Å²) in [5, 5.41) is 4.18. The number of hydrogen-bond acceptors (Lipinski definition) is 5. The average Bonchev–Trinajstić information content (AvgIpc) is 2.61. The normalized spacial score (nSPS) is 17.5. The minimum atomic E-state index is -0.682. The predicted molar refractivity (Wildman–Crippen MR) is 86.7 cm³/mol. The van der Waals surface area contributed by atoms with Crippen molar-refractivity contribution >= 4 is 5.91 Å². The SMILES string of the molecule is Cc1cc(=O)c(C(=O)NO[C@H]2CCCCO2)nn1-c1ccccc1. The highest BCUT2D eigenvalue weighted by Crippen LogP contribution is 2.12. The molecule has 7 nitrogen and oxygen atoms in total. The highest BCUT2D eigenvalue weighted by atomic mass is 16.8. The summed E-state index contributed by atoms with van der Waals surface area (Å²) in [6, 6.07) is 10.7. The van der Waals surface area contributed by atoms with Crippen molar-refractivity contribution in [3.05, 3.63) is 58.0 Å². The number of hydrogen-bond donors (Lipinski definition) is 1. The summed E-state index contributed by atoms with van der Waals surface area (Å²) in [5.41, 5.74) is 3.00. The highest BCUT2D eigenvalue weighted by Gasteiger charge is 2.19. The number of rotatable bonds is 4. The van der Waals surface area contributed by atoms with E-state index in [0.717, 1.165) is 18.5 Å². The van der Waals surface area contributed by atoms with Crippen LogP contribution in [0.2, 0.25) is 0 Å². The zero-order valence-electron chi connectivity index (χ0n) is 13.4. The molecule has 2 heterocycles. The van der Waals surface area contributed by atoms with E-state index in [4.69, 9.17) is 9.57 Å². The van der Waals surface area contributed by atoms with Crippen molar-refractivity contribution in [2.75, 3.05) is 6.61 Å². The summed E-state index contributed by atoms with van der Waals surface area (Å²) in [6.45, 7) is 2.36. The molecule has 0 aliphatic carbocycles. The van der Waals surface area contributed by atoms with Crippen LogP contribution in [-0.2, 0) is 9.57 Å². The third-order valence-electron chi connectivity index (χ3n) is 3.74. The standard InChI is InChI=1S/C17H19N3O4/c1-12-11-14(21)16(18-20(12)13-7-3-2-4-8-13)17(22)19-24-15-9-5-6-10-23-15/h2-4,7-8,11,15H,5-6,9-10H2,1H3,(H,19,22)/t15-/m0/s1. The second-order valence-electron chi connectivity index (χ2n) is 5.59. The minimum Gasteiger partial charge on any atom is -0.350 e. The van der Waals surface area contributed by atoms with Gasteiger partial charge in [-0.3, -0.25) is 9.59 Å². The number of aromatic nitrogens is 2. The molecular formula is C17H19N3O4. The van der Waals surface area contributed by atoms with Crippen molar-refractivity contribution in [2.45, 2.75) is 32.5 Å². The second-order valence-corrected chi connectivity index (χ2v) is 5.59. The number of benzene rings is 1. The van der Waals surface area contributed by atoms with E-state index in [-0.39, 0.29) is 5.69 Å². The van der Waals surface area contributed by atoms with E-state index < -0.39 is 17.6 Å². The third kappa shape index (κ3) is 3.69. The summed E-state index contributed by atoms with van der Waals surface area (Å²) in [6.07, 6.45) is 2.18. The van der Waals surface area contributed by atoms with Gasteiger partial charge in [-0.25, -0.2) is 15.0 Å². The van der Waals surface area contributed by atoms with Crippen LogP contribution in [0.4, 0.5) is 0 Å². The molecule has 1 aromatic carbocycles. The number of para-hydroxylation sites is 1. The van der Waals surface area contributed by atoms with E-state index in [2.05, 4.69) is 10.6 Å². The van der Waals surface area contributed by atoms with Crippen LogP contribution in [0, 0.1) is 6.92 Å². The molecule has 0 unspecified atom stereocenters. The van der Waals surface area contributed by atoms with Crippen LogP contribution in [0.15, 0.2) is 41.2 Å². The summed E-state index contributed by atoms with van der Waals surface area (Å²) in [4.78, 5) is 29.5.